The molecular weight excluding hydrogens is 669 g/mol. The Kier molecular flexibility index (Phi) is 7.11. The molecule has 0 radical (unpaired) electrons. The zero-order chi connectivity index (χ0) is 36.3. The molecule has 258 valence electrons. The van der Waals surface area contributed by atoms with E-state index in [1.54, 1.807) is 0 Å². The molecule has 0 saturated heterocycles. The number of hydrogen-bond acceptors (Lipinski definition) is 2. The van der Waals surface area contributed by atoms with Gasteiger partial charge in [-0.15, -0.1) is 0 Å². The van der Waals surface area contributed by atoms with E-state index in [0.717, 1.165) is 55.7 Å². The summed E-state index contributed by atoms with van der Waals surface area (Å²) in [6, 6.07) is 73.8. The molecule has 9 aromatic carbocycles. The molecular formula is C53H34O2. The van der Waals surface area contributed by atoms with Crippen LogP contribution in [0.3, 0.4) is 0 Å². The fourth-order valence-corrected chi connectivity index (χ4v) is 8.84. The van der Waals surface area contributed by atoms with Gasteiger partial charge in [0.15, 0.2) is 0 Å². The van der Waals surface area contributed by atoms with Crippen LogP contribution in [0.4, 0.5) is 0 Å². The third kappa shape index (κ3) is 4.96. The Bertz CT molecular complexity index is 2990. The third-order valence-electron chi connectivity index (χ3n) is 11.4. The highest BCUT2D eigenvalue weighted by molar-refractivity contribution is 6.15. The minimum Gasteiger partial charge on any atom is -0.457 e. The Labute approximate surface area is 319 Å². The molecule has 0 fully saturated rings. The Morgan fingerprint density at radius 3 is 1.58 bits per heavy atom. The van der Waals surface area contributed by atoms with Gasteiger partial charge in [-0.2, -0.15) is 0 Å². The molecule has 0 spiro atoms. The molecule has 0 bridgehead atoms. The molecule has 0 unspecified atom stereocenters. The number of benzene rings is 9. The molecule has 0 atom stereocenters. The van der Waals surface area contributed by atoms with Crippen molar-refractivity contribution in [2.24, 2.45) is 0 Å². The molecule has 11 rings (SSSR count). The fraction of sp³-hybridized carbons (Fsp3) is 0.0189. The molecule has 2 nitrogen and oxygen atoms in total. The maximum atomic E-state index is 6.74. The summed E-state index contributed by atoms with van der Waals surface area (Å²) in [6.45, 7) is 0. The molecule has 0 amide bonds. The second-order valence-electron chi connectivity index (χ2n) is 14.4. The number of hydrogen-bond donors (Lipinski definition) is 0. The number of ether oxygens (including phenoxy) is 1. The predicted molar refractivity (Wildman–Crippen MR) is 226 cm³/mol. The van der Waals surface area contributed by atoms with Gasteiger partial charge in [-0.1, -0.05) is 176 Å². The molecule has 0 saturated carbocycles. The van der Waals surface area contributed by atoms with Gasteiger partial charge in [0.2, 0.25) is 0 Å². The van der Waals surface area contributed by atoms with Gasteiger partial charge < -0.3 is 9.15 Å². The lowest BCUT2D eigenvalue weighted by molar-refractivity contribution is 0.435. The van der Waals surface area contributed by atoms with Gasteiger partial charge in [-0.3, -0.25) is 0 Å². The highest BCUT2D eigenvalue weighted by Crippen LogP contribution is 2.55. The van der Waals surface area contributed by atoms with Crippen molar-refractivity contribution in [1.82, 2.24) is 0 Å². The number of para-hydroxylation sites is 1. The average Bonchev–Trinajstić information content (AvgIpc) is 3.63. The summed E-state index contributed by atoms with van der Waals surface area (Å²) in [6.07, 6.45) is 0. The average molecular weight is 703 g/mol. The van der Waals surface area contributed by atoms with Crippen molar-refractivity contribution in [1.29, 1.82) is 0 Å². The Balaban J connectivity index is 0.943. The maximum absolute atomic E-state index is 6.74. The van der Waals surface area contributed by atoms with Gasteiger partial charge in [0.05, 0.1) is 5.41 Å². The van der Waals surface area contributed by atoms with Gasteiger partial charge in [0, 0.05) is 21.9 Å². The summed E-state index contributed by atoms with van der Waals surface area (Å²) in [5, 5.41) is 4.70. The molecule has 55 heavy (non-hydrogen) atoms. The first-order chi connectivity index (χ1) is 27.2. The summed E-state index contributed by atoms with van der Waals surface area (Å²) < 4.78 is 13.1. The smallest absolute Gasteiger partial charge is 0.136 e. The molecule has 10 aromatic rings. The summed E-state index contributed by atoms with van der Waals surface area (Å²) in [7, 11) is 0. The standard InChI is InChI=1S/C53H34O2/c1-3-14-42(15-4-1)53(43-16-5-2-6-17-43)46-19-9-10-20-48(46)54-51-34-41(30-31-47(51)53)37-24-22-35(23-25-37)36-26-28-38(29-27-36)44-18-11-21-49-52(44)45-32-39-12-7-8-13-40(39)33-50(45)55-49/h1-34H. The zero-order valence-electron chi connectivity index (χ0n) is 29.9. The number of rotatable bonds is 5. The van der Waals surface area contributed by atoms with Gasteiger partial charge >= 0.3 is 0 Å². The van der Waals surface area contributed by atoms with Crippen LogP contribution in [0, 0.1) is 0 Å². The van der Waals surface area contributed by atoms with Gasteiger partial charge in [-0.05, 0) is 85.6 Å². The van der Waals surface area contributed by atoms with E-state index < -0.39 is 5.41 Å². The van der Waals surface area contributed by atoms with Crippen molar-refractivity contribution in [3.05, 3.63) is 229 Å². The lowest BCUT2D eigenvalue weighted by Crippen LogP contribution is -2.34. The van der Waals surface area contributed by atoms with Crippen LogP contribution in [0.2, 0.25) is 0 Å². The Morgan fingerprint density at radius 2 is 0.891 bits per heavy atom. The summed E-state index contributed by atoms with van der Waals surface area (Å²) in [5.74, 6) is 1.75. The molecule has 1 aliphatic heterocycles. The second kappa shape index (κ2) is 12.5. The lowest BCUT2D eigenvalue weighted by Gasteiger charge is -2.41. The van der Waals surface area contributed by atoms with E-state index in [4.69, 9.17) is 9.15 Å². The first kappa shape index (κ1) is 31.4. The highest BCUT2D eigenvalue weighted by Gasteiger charge is 2.45. The van der Waals surface area contributed by atoms with Crippen molar-refractivity contribution in [3.63, 3.8) is 0 Å². The lowest BCUT2D eigenvalue weighted by atomic mass is 9.63. The van der Waals surface area contributed by atoms with Crippen LogP contribution in [-0.4, -0.2) is 0 Å². The predicted octanol–water partition coefficient (Wildman–Crippen LogP) is 14.2. The SMILES string of the molecule is c1ccc(C2(c3ccccc3)c3ccccc3Oc3cc(-c4ccc(-c5ccc(-c6cccc7oc8cc9ccccc9cc8c67)cc5)cc4)ccc32)cc1. The number of furan rings is 1. The van der Waals surface area contributed by atoms with Crippen molar-refractivity contribution in [2.45, 2.75) is 5.41 Å². The zero-order valence-corrected chi connectivity index (χ0v) is 29.9. The molecule has 1 aromatic heterocycles. The van der Waals surface area contributed by atoms with E-state index >= 15 is 0 Å². The molecule has 1 aliphatic rings. The molecule has 2 heterocycles. The van der Waals surface area contributed by atoms with E-state index in [1.807, 2.05) is 0 Å². The van der Waals surface area contributed by atoms with E-state index in [2.05, 4.69) is 206 Å². The normalized spacial score (nSPS) is 13.0. The second-order valence-corrected chi connectivity index (χ2v) is 14.4. The van der Waals surface area contributed by atoms with Crippen molar-refractivity contribution >= 4 is 32.7 Å². The van der Waals surface area contributed by atoms with Crippen molar-refractivity contribution in [3.8, 4) is 44.9 Å². The monoisotopic (exact) mass is 702 g/mol. The van der Waals surface area contributed by atoms with E-state index in [-0.39, 0.29) is 0 Å². The van der Waals surface area contributed by atoms with Gasteiger partial charge in [0.25, 0.3) is 0 Å². The van der Waals surface area contributed by atoms with Crippen LogP contribution in [0.25, 0.3) is 66.1 Å². The van der Waals surface area contributed by atoms with Crippen molar-refractivity contribution < 1.29 is 9.15 Å². The first-order valence-electron chi connectivity index (χ1n) is 18.8. The van der Waals surface area contributed by atoms with Crippen LogP contribution in [0.15, 0.2) is 211 Å². The van der Waals surface area contributed by atoms with Crippen LogP contribution >= 0.6 is 0 Å². The van der Waals surface area contributed by atoms with E-state index in [1.165, 1.54) is 44.2 Å². The van der Waals surface area contributed by atoms with Crippen LogP contribution in [0.1, 0.15) is 22.3 Å². The fourth-order valence-electron chi connectivity index (χ4n) is 8.84. The Hall–Kier alpha value is -7.16. The largest absolute Gasteiger partial charge is 0.457 e. The summed E-state index contributed by atoms with van der Waals surface area (Å²) in [5.41, 5.74) is 12.9. The van der Waals surface area contributed by atoms with Gasteiger partial charge in [-0.25, -0.2) is 0 Å². The minimum absolute atomic E-state index is 0.522. The van der Waals surface area contributed by atoms with Crippen LogP contribution in [0.5, 0.6) is 11.5 Å². The van der Waals surface area contributed by atoms with Crippen molar-refractivity contribution in [2.75, 3.05) is 0 Å². The van der Waals surface area contributed by atoms with E-state index in [0.29, 0.717) is 0 Å². The maximum Gasteiger partial charge on any atom is 0.136 e. The first-order valence-corrected chi connectivity index (χ1v) is 18.8. The van der Waals surface area contributed by atoms with Crippen LogP contribution in [-0.2, 0) is 5.41 Å². The summed E-state index contributed by atoms with van der Waals surface area (Å²) in [4.78, 5) is 0. The Morgan fingerprint density at radius 1 is 0.345 bits per heavy atom. The topological polar surface area (TPSA) is 22.4 Å². The van der Waals surface area contributed by atoms with E-state index in [9.17, 15) is 0 Å². The molecule has 0 N–H and O–H groups in total. The van der Waals surface area contributed by atoms with Crippen LogP contribution < -0.4 is 4.74 Å². The highest BCUT2D eigenvalue weighted by atomic mass is 16.5. The molecule has 2 heteroatoms. The molecule has 0 aliphatic carbocycles. The third-order valence-corrected chi connectivity index (χ3v) is 11.4. The minimum atomic E-state index is -0.522. The van der Waals surface area contributed by atoms with Gasteiger partial charge in [0.1, 0.15) is 22.7 Å². The summed E-state index contributed by atoms with van der Waals surface area (Å²) >= 11 is 0. The number of fused-ring (bicyclic) bond motifs is 6. The quantitative estimate of drug-likeness (QED) is 0.178.